The summed E-state index contributed by atoms with van der Waals surface area (Å²) in [5.41, 5.74) is 3.39. The van der Waals surface area contributed by atoms with E-state index in [2.05, 4.69) is 20.9 Å². The molecule has 11 nitrogen and oxygen atoms in total. The number of aromatic nitrogens is 3. The van der Waals surface area contributed by atoms with Crippen LogP contribution < -0.4 is 4.90 Å². The van der Waals surface area contributed by atoms with Crippen LogP contribution in [0.4, 0.5) is 10.5 Å². The maximum Gasteiger partial charge on any atom is 0.407 e. The zero-order valence-corrected chi connectivity index (χ0v) is 22.5. The molecule has 1 N–H and O–H groups in total. The first-order valence-electron chi connectivity index (χ1n) is 12.9. The Kier molecular flexibility index (Phi) is 7.54. The van der Waals surface area contributed by atoms with E-state index in [1.54, 1.807) is 41.2 Å². The van der Waals surface area contributed by atoms with E-state index in [0.29, 0.717) is 51.0 Å². The van der Waals surface area contributed by atoms with E-state index in [1.807, 2.05) is 23.7 Å². The number of likely N-dealkylation sites (tertiary alicyclic amines) is 1. The SMILES string of the molecule is Cn1cncc1CN1CC(N(CC2CCN(C(=O)O)CC2)S(=O)(=O)c2cccnc2)Cc2cc(C#N)ccc21. The van der Waals surface area contributed by atoms with E-state index >= 15 is 0 Å². The molecule has 1 fully saturated rings. The van der Waals surface area contributed by atoms with Gasteiger partial charge in [0.05, 0.1) is 30.2 Å². The van der Waals surface area contributed by atoms with Gasteiger partial charge in [-0.3, -0.25) is 4.98 Å². The smallest absolute Gasteiger partial charge is 0.407 e. The third-order valence-corrected chi connectivity index (χ3v) is 9.58. The summed E-state index contributed by atoms with van der Waals surface area (Å²) in [6, 6.07) is 10.5. The number of anilines is 1. The minimum Gasteiger partial charge on any atom is -0.465 e. The largest absolute Gasteiger partial charge is 0.465 e. The van der Waals surface area contributed by atoms with Gasteiger partial charge in [-0.2, -0.15) is 9.57 Å². The highest BCUT2D eigenvalue weighted by Gasteiger charge is 2.38. The first kappa shape index (κ1) is 26.6. The second-order valence-corrected chi connectivity index (χ2v) is 12.1. The van der Waals surface area contributed by atoms with Crippen LogP contribution in [0.15, 0.2) is 60.1 Å². The molecule has 1 saturated heterocycles. The van der Waals surface area contributed by atoms with Crippen LogP contribution in [0.1, 0.15) is 29.7 Å². The maximum atomic E-state index is 14.1. The fourth-order valence-electron chi connectivity index (χ4n) is 5.51. The molecule has 39 heavy (non-hydrogen) atoms. The number of rotatable bonds is 7. The number of carbonyl (C=O) groups is 1. The van der Waals surface area contributed by atoms with Gasteiger partial charge in [0.1, 0.15) is 4.90 Å². The number of pyridine rings is 1. The predicted molar refractivity (Wildman–Crippen MR) is 143 cm³/mol. The molecule has 4 heterocycles. The van der Waals surface area contributed by atoms with Gasteiger partial charge in [-0.05, 0) is 61.1 Å². The minimum absolute atomic E-state index is 0.0180. The molecule has 0 bridgehead atoms. The Morgan fingerprint density at radius 2 is 2.00 bits per heavy atom. The average Bonchev–Trinajstić information content (AvgIpc) is 3.35. The van der Waals surface area contributed by atoms with Crippen LogP contribution in [0.5, 0.6) is 0 Å². The van der Waals surface area contributed by atoms with Crippen molar-refractivity contribution in [1.82, 2.24) is 23.7 Å². The molecule has 1 unspecified atom stereocenters. The summed E-state index contributed by atoms with van der Waals surface area (Å²) < 4.78 is 31.7. The number of carboxylic acid groups (broad SMARTS) is 1. The number of piperidine rings is 1. The number of sulfonamides is 1. The molecule has 1 amide bonds. The van der Waals surface area contributed by atoms with Crippen molar-refractivity contribution in [3.8, 4) is 6.07 Å². The zero-order valence-electron chi connectivity index (χ0n) is 21.7. The van der Waals surface area contributed by atoms with Gasteiger partial charge in [0, 0.05) is 63.5 Å². The van der Waals surface area contributed by atoms with E-state index in [-0.39, 0.29) is 17.4 Å². The third kappa shape index (κ3) is 5.60. The van der Waals surface area contributed by atoms with E-state index in [4.69, 9.17) is 0 Å². The second-order valence-electron chi connectivity index (χ2n) is 10.2. The Morgan fingerprint density at radius 3 is 2.64 bits per heavy atom. The van der Waals surface area contributed by atoms with Crippen molar-refractivity contribution in [2.75, 3.05) is 31.1 Å². The summed E-state index contributed by atoms with van der Waals surface area (Å²) in [5, 5.41) is 18.9. The van der Waals surface area contributed by atoms with Crippen LogP contribution >= 0.6 is 0 Å². The molecular formula is C27H31N7O4S. The fourth-order valence-corrected chi connectivity index (χ4v) is 7.17. The monoisotopic (exact) mass is 549 g/mol. The highest BCUT2D eigenvalue weighted by Crippen LogP contribution is 2.34. The number of fused-ring (bicyclic) bond motifs is 1. The molecule has 1 atom stereocenters. The van der Waals surface area contributed by atoms with Gasteiger partial charge in [0.25, 0.3) is 0 Å². The number of nitrogens with zero attached hydrogens (tertiary/aromatic N) is 7. The predicted octanol–water partition coefficient (Wildman–Crippen LogP) is 2.70. The van der Waals surface area contributed by atoms with Crippen LogP contribution in [-0.4, -0.2) is 75.6 Å². The number of amides is 1. The Balaban J connectivity index is 1.50. The number of imidazole rings is 1. The van der Waals surface area contributed by atoms with Crippen LogP contribution in [0.2, 0.25) is 0 Å². The molecule has 3 aromatic rings. The highest BCUT2D eigenvalue weighted by atomic mass is 32.2. The summed E-state index contributed by atoms with van der Waals surface area (Å²) in [6.45, 7) is 2.03. The number of nitriles is 1. The number of hydrogen-bond donors (Lipinski definition) is 1. The van der Waals surface area contributed by atoms with Crippen LogP contribution in [-0.2, 0) is 30.0 Å². The molecule has 12 heteroatoms. The lowest BCUT2D eigenvalue weighted by atomic mass is 9.93. The van der Waals surface area contributed by atoms with Crippen molar-refractivity contribution in [1.29, 1.82) is 5.26 Å². The molecule has 2 aromatic heterocycles. The van der Waals surface area contributed by atoms with Gasteiger partial charge in [0.2, 0.25) is 10.0 Å². The van der Waals surface area contributed by atoms with Crippen molar-refractivity contribution >= 4 is 21.8 Å². The molecule has 0 aliphatic carbocycles. The van der Waals surface area contributed by atoms with E-state index in [0.717, 1.165) is 16.9 Å². The van der Waals surface area contributed by atoms with Crippen molar-refractivity contribution in [3.63, 3.8) is 0 Å². The molecule has 0 radical (unpaired) electrons. The summed E-state index contributed by atoms with van der Waals surface area (Å²) in [5.74, 6) is 0.0180. The van der Waals surface area contributed by atoms with Gasteiger partial charge in [-0.25, -0.2) is 18.2 Å². The first-order valence-corrected chi connectivity index (χ1v) is 14.3. The number of benzene rings is 1. The standard InChI is InChI=1S/C27H31N7O4S/c1-31-19-30-14-24(31)18-33-17-23(12-22-11-21(13-28)4-5-26(22)33)34(39(37,38)25-3-2-8-29-15-25)16-20-6-9-32(10-7-20)27(35)36/h2-5,8,11,14-15,19-20,23H,6-7,9-10,12,16-18H2,1H3,(H,35,36). The number of aryl methyl sites for hydroxylation is 1. The highest BCUT2D eigenvalue weighted by molar-refractivity contribution is 7.89. The lowest BCUT2D eigenvalue weighted by Gasteiger charge is -2.42. The summed E-state index contributed by atoms with van der Waals surface area (Å²) in [4.78, 5) is 23.4. The van der Waals surface area contributed by atoms with Crippen molar-refractivity contribution < 1.29 is 18.3 Å². The molecule has 0 saturated carbocycles. The normalized spacial score (nSPS) is 18.1. The van der Waals surface area contributed by atoms with E-state index in [1.165, 1.54) is 11.1 Å². The van der Waals surface area contributed by atoms with Crippen molar-refractivity contribution in [2.45, 2.75) is 36.7 Å². The van der Waals surface area contributed by atoms with Crippen LogP contribution in [0, 0.1) is 17.2 Å². The fraction of sp³-hybridized carbons (Fsp3) is 0.407. The van der Waals surface area contributed by atoms with Gasteiger partial charge in [-0.15, -0.1) is 0 Å². The van der Waals surface area contributed by atoms with Gasteiger partial charge in [0.15, 0.2) is 0 Å². The lowest BCUT2D eigenvalue weighted by Crippen LogP contribution is -2.53. The second kappa shape index (κ2) is 11.0. The summed E-state index contributed by atoms with van der Waals surface area (Å²) >= 11 is 0. The van der Waals surface area contributed by atoms with Crippen molar-refractivity contribution in [2.24, 2.45) is 13.0 Å². The van der Waals surface area contributed by atoms with Crippen molar-refractivity contribution in [3.05, 3.63) is 72.1 Å². The van der Waals surface area contributed by atoms with Crippen LogP contribution in [0.3, 0.4) is 0 Å². The molecule has 2 aliphatic rings. The topological polar surface area (TPSA) is 136 Å². The summed E-state index contributed by atoms with van der Waals surface area (Å²) in [6.07, 6.45) is 7.13. The maximum absolute atomic E-state index is 14.1. The third-order valence-electron chi connectivity index (χ3n) is 7.68. The van der Waals surface area contributed by atoms with E-state index in [9.17, 15) is 23.6 Å². The van der Waals surface area contributed by atoms with Crippen LogP contribution in [0.25, 0.3) is 0 Å². The molecule has 204 valence electrons. The Bertz CT molecular complexity index is 1480. The Hall–Kier alpha value is -3.95. The van der Waals surface area contributed by atoms with Gasteiger partial charge in [-0.1, -0.05) is 0 Å². The average molecular weight is 550 g/mol. The van der Waals surface area contributed by atoms with E-state index < -0.39 is 22.2 Å². The summed E-state index contributed by atoms with van der Waals surface area (Å²) in [7, 11) is -1.99. The molecular weight excluding hydrogens is 518 g/mol. The van der Waals surface area contributed by atoms with Gasteiger partial charge < -0.3 is 19.5 Å². The van der Waals surface area contributed by atoms with Gasteiger partial charge >= 0.3 is 6.09 Å². The molecule has 5 rings (SSSR count). The Morgan fingerprint density at radius 1 is 1.21 bits per heavy atom. The first-order chi connectivity index (χ1) is 18.8. The quantitative estimate of drug-likeness (QED) is 0.475. The lowest BCUT2D eigenvalue weighted by molar-refractivity contribution is 0.118. The molecule has 2 aliphatic heterocycles. The minimum atomic E-state index is -3.91. The molecule has 1 aromatic carbocycles. The molecule has 0 spiro atoms. The Labute approximate surface area is 228 Å². The number of hydrogen-bond acceptors (Lipinski definition) is 7. The zero-order chi connectivity index (χ0) is 27.6.